The fourth-order valence-electron chi connectivity index (χ4n) is 1.60. The number of rotatable bonds is 2. The minimum Gasteiger partial charge on any atom is -0.286 e. The van der Waals surface area contributed by atoms with Gasteiger partial charge in [-0.3, -0.25) is 15.4 Å². The lowest BCUT2D eigenvalue weighted by molar-refractivity contribution is 0.857. The third kappa shape index (κ3) is 2.26. The largest absolute Gasteiger partial charge is 0.286 e. The van der Waals surface area contributed by atoms with E-state index in [0.717, 1.165) is 18.8 Å². The predicted molar refractivity (Wildman–Crippen MR) is 66.7 cm³/mol. The van der Waals surface area contributed by atoms with E-state index in [9.17, 15) is 0 Å². The molecule has 80 valence electrons. The first-order valence-corrected chi connectivity index (χ1v) is 6.20. The molecule has 0 spiro atoms. The van der Waals surface area contributed by atoms with E-state index in [1.807, 2.05) is 7.05 Å². The van der Waals surface area contributed by atoms with Crippen molar-refractivity contribution in [3.05, 3.63) is 24.3 Å². The Morgan fingerprint density at radius 2 is 2.07 bits per heavy atom. The molecule has 3 nitrogen and oxygen atoms in total. The van der Waals surface area contributed by atoms with E-state index < -0.39 is 0 Å². The van der Waals surface area contributed by atoms with Gasteiger partial charge in [0.15, 0.2) is 0 Å². The first-order valence-electron chi connectivity index (χ1n) is 4.97. The molecule has 1 fully saturated rings. The van der Waals surface area contributed by atoms with Gasteiger partial charge in [0.25, 0.3) is 0 Å². The van der Waals surface area contributed by atoms with E-state index in [4.69, 9.17) is 0 Å². The summed E-state index contributed by atoms with van der Waals surface area (Å²) >= 11 is 1.76. The minimum atomic E-state index is 0.991. The van der Waals surface area contributed by atoms with Crippen molar-refractivity contribution in [2.75, 3.05) is 24.9 Å². The van der Waals surface area contributed by atoms with Crippen LogP contribution in [-0.2, 0) is 0 Å². The van der Waals surface area contributed by atoms with Gasteiger partial charge >= 0.3 is 0 Å². The molecule has 0 saturated carbocycles. The Labute approximate surface area is 94.5 Å². The molecule has 0 bridgehead atoms. The zero-order valence-corrected chi connectivity index (χ0v) is 9.84. The molecule has 1 N–H and O–H groups in total. The number of aliphatic imine (C=N–C) groups is 1. The number of benzene rings is 1. The summed E-state index contributed by atoms with van der Waals surface area (Å²) in [4.78, 5) is 5.45. The normalized spacial score (nSPS) is 18.3. The molecule has 0 aromatic heterocycles. The van der Waals surface area contributed by atoms with Gasteiger partial charge in [-0.25, -0.2) is 0 Å². The van der Waals surface area contributed by atoms with Gasteiger partial charge in [0, 0.05) is 24.9 Å². The number of hydrogen-bond donors (Lipinski definition) is 1. The lowest BCUT2D eigenvalue weighted by Gasteiger charge is -2.18. The average Bonchev–Trinajstić information content (AvgIpc) is 2.78. The van der Waals surface area contributed by atoms with E-state index in [1.54, 1.807) is 11.8 Å². The van der Waals surface area contributed by atoms with Gasteiger partial charge in [0.05, 0.1) is 5.69 Å². The molecular formula is C11H15N3S. The molecule has 1 aromatic rings. The molecule has 0 radical (unpaired) electrons. The number of hydrazine groups is 1. The number of nitrogens with zero attached hydrogens (tertiary/aromatic N) is 2. The third-order valence-corrected chi connectivity index (χ3v) is 3.23. The van der Waals surface area contributed by atoms with Crippen LogP contribution in [0.1, 0.15) is 6.42 Å². The van der Waals surface area contributed by atoms with E-state index in [0.29, 0.717) is 0 Å². The highest BCUT2D eigenvalue weighted by Gasteiger charge is 2.16. The number of nitrogens with one attached hydrogen (secondary N) is 1. The van der Waals surface area contributed by atoms with Gasteiger partial charge in [0.2, 0.25) is 0 Å². The van der Waals surface area contributed by atoms with Gasteiger partial charge in [-0.15, -0.1) is 11.8 Å². The highest BCUT2D eigenvalue weighted by Crippen LogP contribution is 2.21. The number of hydrogen-bond acceptors (Lipinski definition) is 3. The van der Waals surface area contributed by atoms with Crippen molar-refractivity contribution in [2.24, 2.45) is 4.99 Å². The van der Waals surface area contributed by atoms with Crippen LogP contribution in [0, 0.1) is 0 Å². The summed E-state index contributed by atoms with van der Waals surface area (Å²) in [6.45, 7) is 0.991. The molecule has 0 aliphatic carbocycles. The van der Waals surface area contributed by atoms with E-state index in [-0.39, 0.29) is 0 Å². The summed E-state index contributed by atoms with van der Waals surface area (Å²) in [6.07, 6.45) is 3.09. The lowest BCUT2D eigenvalue weighted by Crippen LogP contribution is -2.32. The summed E-state index contributed by atoms with van der Waals surface area (Å²) in [5, 5.41) is 2.13. The van der Waals surface area contributed by atoms with Crippen molar-refractivity contribution in [1.29, 1.82) is 0 Å². The van der Waals surface area contributed by atoms with Crippen LogP contribution in [0.4, 0.5) is 5.69 Å². The maximum absolute atomic E-state index is 4.16. The quantitative estimate of drug-likeness (QED) is 0.775. The molecular weight excluding hydrogens is 206 g/mol. The van der Waals surface area contributed by atoms with E-state index in [1.165, 1.54) is 10.6 Å². The minimum absolute atomic E-state index is 0.991. The zero-order chi connectivity index (χ0) is 10.7. The first kappa shape index (κ1) is 10.4. The highest BCUT2D eigenvalue weighted by atomic mass is 32.2. The van der Waals surface area contributed by atoms with Crippen molar-refractivity contribution in [2.45, 2.75) is 11.3 Å². The highest BCUT2D eigenvalue weighted by molar-refractivity contribution is 7.98. The van der Waals surface area contributed by atoms with Gasteiger partial charge in [-0.1, -0.05) is 0 Å². The van der Waals surface area contributed by atoms with Crippen molar-refractivity contribution in [3.63, 3.8) is 0 Å². The van der Waals surface area contributed by atoms with Crippen molar-refractivity contribution < 1.29 is 0 Å². The van der Waals surface area contributed by atoms with Gasteiger partial charge in [0.1, 0.15) is 5.84 Å². The zero-order valence-electron chi connectivity index (χ0n) is 9.03. The van der Waals surface area contributed by atoms with Crippen LogP contribution in [0.3, 0.4) is 0 Å². The molecule has 2 rings (SSSR count). The third-order valence-electron chi connectivity index (χ3n) is 2.49. The van der Waals surface area contributed by atoms with E-state index in [2.05, 4.69) is 45.9 Å². The fraction of sp³-hybridized carbons (Fsp3) is 0.364. The van der Waals surface area contributed by atoms with Gasteiger partial charge < -0.3 is 0 Å². The standard InChI is InChI=1S/C11H15N3S/c1-12-11-7-8-14(13-11)9-3-5-10(15-2)6-4-9/h3-6H,7-8H2,1-2H3,(H,12,13). The van der Waals surface area contributed by atoms with Crippen LogP contribution in [0.15, 0.2) is 34.2 Å². The summed E-state index contributed by atoms with van der Waals surface area (Å²) in [5.74, 6) is 1.06. The van der Waals surface area contributed by atoms with Crippen molar-refractivity contribution in [3.8, 4) is 0 Å². The van der Waals surface area contributed by atoms with Crippen molar-refractivity contribution in [1.82, 2.24) is 5.43 Å². The average molecular weight is 221 g/mol. The van der Waals surface area contributed by atoms with Gasteiger partial charge in [-0.05, 0) is 30.5 Å². The molecule has 1 saturated heterocycles. The SMILES string of the molecule is CN=C1CCN(c2ccc(SC)cc2)N1. The Balaban J connectivity index is 2.10. The maximum Gasteiger partial charge on any atom is 0.116 e. The second-order valence-electron chi connectivity index (χ2n) is 3.38. The molecule has 1 aliphatic rings. The Hall–Kier alpha value is -1.16. The van der Waals surface area contributed by atoms with Crippen LogP contribution < -0.4 is 10.4 Å². The summed E-state index contributed by atoms with van der Waals surface area (Å²) < 4.78 is 0. The van der Waals surface area contributed by atoms with Crippen LogP contribution in [-0.4, -0.2) is 25.7 Å². The first-order chi connectivity index (χ1) is 7.33. The Morgan fingerprint density at radius 3 is 2.60 bits per heavy atom. The molecule has 4 heteroatoms. The smallest absolute Gasteiger partial charge is 0.116 e. The van der Waals surface area contributed by atoms with Crippen LogP contribution >= 0.6 is 11.8 Å². The van der Waals surface area contributed by atoms with E-state index >= 15 is 0 Å². The second kappa shape index (κ2) is 4.57. The topological polar surface area (TPSA) is 27.6 Å². The van der Waals surface area contributed by atoms with Crippen molar-refractivity contribution >= 4 is 23.3 Å². The molecule has 0 atom stereocenters. The molecule has 1 heterocycles. The number of amidine groups is 1. The van der Waals surface area contributed by atoms with Crippen LogP contribution in [0.2, 0.25) is 0 Å². The molecule has 15 heavy (non-hydrogen) atoms. The number of anilines is 1. The number of thioether (sulfide) groups is 1. The Bertz CT molecular complexity index is 359. The molecule has 0 amide bonds. The lowest BCUT2D eigenvalue weighted by atomic mass is 10.3. The fourth-order valence-corrected chi connectivity index (χ4v) is 2.01. The Kier molecular flexibility index (Phi) is 3.16. The maximum atomic E-state index is 4.16. The molecule has 1 aliphatic heterocycles. The summed E-state index contributed by atoms with van der Waals surface area (Å²) in [6, 6.07) is 8.56. The van der Waals surface area contributed by atoms with Crippen LogP contribution in [0.25, 0.3) is 0 Å². The molecule has 1 aromatic carbocycles. The van der Waals surface area contributed by atoms with Gasteiger partial charge in [-0.2, -0.15) is 0 Å². The summed E-state index contributed by atoms with van der Waals surface area (Å²) in [5.41, 5.74) is 4.47. The monoisotopic (exact) mass is 221 g/mol. The molecule has 0 unspecified atom stereocenters. The second-order valence-corrected chi connectivity index (χ2v) is 4.26. The van der Waals surface area contributed by atoms with Crippen LogP contribution in [0.5, 0.6) is 0 Å². The predicted octanol–water partition coefficient (Wildman–Crippen LogP) is 2.15. The Morgan fingerprint density at radius 1 is 1.33 bits per heavy atom. The summed E-state index contributed by atoms with van der Waals surface area (Å²) in [7, 11) is 1.82.